The molecule has 3 rings (SSSR count). The van der Waals surface area contributed by atoms with Gasteiger partial charge in [0, 0.05) is 19.3 Å². The van der Waals surface area contributed by atoms with Gasteiger partial charge in [-0.25, -0.2) is 11.0 Å². The predicted octanol–water partition coefficient (Wildman–Crippen LogP) is 1.27. The summed E-state index contributed by atoms with van der Waals surface area (Å²) < 4.78 is 0. The maximum absolute atomic E-state index is 4.82. The molecule has 102 valence electrons. The first kappa shape index (κ1) is 14.6. The third-order valence-electron chi connectivity index (χ3n) is 2.03. The van der Waals surface area contributed by atoms with Crippen LogP contribution < -0.4 is 16.4 Å². The van der Waals surface area contributed by atoms with Crippen LogP contribution in [0.25, 0.3) is 0 Å². The number of rotatable bonds is 0. The molecule has 18 heavy (non-hydrogen) atoms. The zero-order valence-electron chi connectivity index (χ0n) is 10.4. The van der Waals surface area contributed by atoms with E-state index in [2.05, 4.69) is 26.1 Å². The quantitative estimate of drug-likeness (QED) is 0.606. The second-order valence-electron chi connectivity index (χ2n) is 3.55. The van der Waals surface area contributed by atoms with Crippen molar-refractivity contribution in [3.05, 3.63) is 37.0 Å². The minimum Gasteiger partial charge on any atom is -0.417 e. The Balaban J connectivity index is 0.000000135. The summed E-state index contributed by atoms with van der Waals surface area (Å²) in [7, 11) is 0. The molecule has 0 unspecified atom stereocenters. The molecule has 0 aliphatic carbocycles. The minimum absolute atomic E-state index is 0.889. The molecule has 0 atom stereocenters. The monoisotopic (exact) mass is 255 g/mol. The van der Waals surface area contributed by atoms with E-state index in [4.69, 9.17) is 4.84 Å². The summed E-state index contributed by atoms with van der Waals surface area (Å²) in [4.78, 5) is 14.0. The van der Waals surface area contributed by atoms with Crippen LogP contribution in [0.2, 0.25) is 0 Å². The zero-order chi connectivity index (χ0) is 12.7. The van der Waals surface area contributed by atoms with Gasteiger partial charge in [0.15, 0.2) is 0 Å². The molecule has 0 aromatic heterocycles. The van der Waals surface area contributed by atoms with Crippen LogP contribution in [0.5, 0.6) is 0 Å². The molecule has 6 nitrogen and oxygen atoms in total. The van der Waals surface area contributed by atoms with E-state index < -0.39 is 0 Å². The van der Waals surface area contributed by atoms with Crippen molar-refractivity contribution in [2.75, 3.05) is 19.7 Å². The van der Waals surface area contributed by atoms with Gasteiger partial charge in [-0.05, 0) is 37.5 Å². The molecule has 3 heterocycles. The van der Waals surface area contributed by atoms with Crippen molar-refractivity contribution in [1.82, 2.24) is 16.4 Å². The SMILES string of the molecule is C1=CNOC=C1.C1=CONCC1.C1CCONC1. The Morgan fingerprint density at radius 1 is 0.889 bits per heavy atom. The van der Waals surface area contributed by atoms with E-state index >= 15 is 0 Å². The standard InChI is InChI=1S/C4H9NO.C4H7NO.C4H5NO/c3*1-2-4-6-5-3-1/h5H,1-4H2;2,4-5H,1,3H2;1-5H. The molecule has 0 saturated carbocycles. The van der Waals surface area contributed by atoms with E-state index in [0.29, 0.717) is 0 Å². The summed E-state index contributed by atoms with van der Waals surface area (Å²) in [6.45, 7) is 2.86. The lowest BCUT2D eigenvalue weighted by atomic mass is 10.3. The third kappa shape index (κ3) is 9.71. The minimum atomic E-state index is 0.889. The second kappa shape index (κ2) is 12.0. The Kier molecular flexibility index (Phi) is 9.68. The summed E-state index contributed by atoms with van der Waals surface area (Å²) in [6.07, 6.45) is 14.1. The fourth-order valence-corrected chi connectivity index (χ4v) is 1.14. The molecule has 3 N–H and O–H groups in total. The van der Waals surface area contributed by atoms with Gasteiger partial charge < -0.3 is 14.5 Å². The Bertz CT molecular complexity index is 232. The second-order valence-corrected chi connectivity index (χ2v) is 3.55. The van der Waals surface area contributed by atoms with E-state index in [1.807, 2.05) is 12.2 Å². The Morgan fingerprint density at radius 2 is 1.89 bits per heavy atom. The van der Waals surface area contributed by atoms with Gasteiger partial charge >= 0.3 is 0 Å². The fraction of sp³-hybridized carbons (Fsp3) is 0.500. The van der Waals surface area contributed by atoms with Gasteiger partial charge in [0.05, 0.1) is 6.61 Å². The molecule has 0 amide bonds. The first-order valence-corrected chi connectivity index (χ1v) is 6.11. The van der Waals surface area contributed by atoms with Crippen LogP contribution in [-0.2, 0) is 14.5 Å². The Hall–Kier alpha value is -1.50. The van der Waals surface area contributed by atoms with E-state index in [-0.39, 0.29) is 0 Å². The number of hydrogen-bond donors (Lipinski definition) is 3. The van der Waals surface area contributed by atoms with Crippen molar-refractivity contribution in [1.29, 1.82) is 0 Å². The maximum Gasteiger partial charge on any atom is 0.119 e. The predicted molar refractivity (Wildman–Crippen MR) is 68.5 cm³/mol. The van der Waals surface area contributed by atoms with Crippen molar-refractivity contribution in [3.8, 4) is 0 Å². The summed E-state index contributed by atoms with van der Waals surface area (Å²) in [5.74, 6) is 0. The number of nitrogens with one attached hydrogen (secondary N) is 3. The van der Waals surface area contributed by atoms with Crippen LogP contribution in [0.15, 0.2) is 37.0 Å². The molecule has 3 aliphatic heterocycles. The van der Waals surface area contributed by atoms with E-state index in [1.165, 1.54) is 12.8 Å². The molecule has 6 heteroatoms. The van der Waals surface area contributed by atoms with Gasteiger partial charge in [-0.3, -0.25) is 0 Å². The molecule has 1 saturated heterocycles. The molecular weight excluding hydrogens is 234 g/mol. The highest BCUT2D eigenvalue weighted by molar-refractivity contribution is 5.00. The summed E-state index contributed by atoms with van der Waals surface area (Å²) in [5.41, 5.74) is 8.00. The van der Waals surface area contributed by atoms with E-state index in [9.17, 15) is 0 Å². The van der Waals surface area contributed by atoms with Gasteiger partial charge in [0.2, 0.25) is 0 Å². The summed E-state index contributed by atoms with van der Waals surface area (Å²) in [6, 6.07) is 0. The zero-order valence-corrected chi connectivity index (χ0v) is 10.4. The average molecular weight is 255 g/mol. The fourth-order valence-electron chi connectivity index (χ4n) is 1.14. The molecule has 0 bridgehead atoms. The molecule has 0 radical (unpaired) electrons. The molecular formula is C12H21N3O3. The van der Waals surface area contributed by atoms with Crippen molar-refractivity contribution < 1.29 is 14.5 Å². The molecule has 3 aliphatic rings. The third-order valence-corrected chi connectivity index (χ3v) is 2.03. The Morgan fingerprint density at radius 3 is 2.06 bits per heavy atom. The van der Waals surface area contributed by atoms with Crippen molar-refractivity contribution in [3.63, 3.8) is 0 Å². The number of allylic oxidation sites excluding steroid dienone is 2. The van der Waals surface area contributed by atoms with Gasteiger partial charge in [-0.2, -0.15) is 5.48 Å². The number of hydrogen-bond acceptors (Lipinski definition) is 6. The number of hydroxylamine groups is 3. The summed E-state index contributed by atoms with van der Waals surface area (Å²) in [5, 5.41) is 0. The van der Waals surface area contributed by atoms with Crippen LogP contribution in [-0.4, -0.2) is 19.7 Å². The first-order chi connectivity index (χ1) is 9.00. The van der Waals surface area contributed by atoms with Crippen LogP contribution >= 0.6 is 0 Å². The average Bonchev–Trinajstić information content (AvgIpc) is 2.54. The highest BCUT2D eigenvalue weighted by atomic mass is 16.6. The van der Waals surface area contributed by atoms with E-state index in [1.54, 1.807) is 24.8 Å². The molecule has 0 spiro atoms. The molecule has 1 fully saturated rings. The lowest BCUT2D eigenvalue weighted by Crippen LogP contribution is -2.22. The lowest BCUT2D eigenvalue weighted by molar-refractivity contribution is 0.0128. The van der Waals surface area contributed by atoms with Crippen molar-refractivity contribution >= 4 is 0 Å². The van der Waals surface area contributed by atoms with Crippen LogP contribution in [0, 0.1) is 0 Å². The molecule has 0 aromatic rings. The highest BCUT2D eigenvalue weighted by Crippen LogP contribution is 1.91. The van der Waals surface area contributed by atoms with Crippen LogP contribution in [0.4, 0.5) is 0 Å². The maximum atomic E-state index is 4.82. The molecule has 0 aromatic carbocycles. The first-order valence-electron chi connectivity index (χ1n) is 6.11. The summed E-state index contributed by atoms with van der Waals surface area (Å²) >= 11 is 0. The highest BCUT2D eigenvalue weighted by Gasteiger charge is 1.93. The Labute approximate surface area is 108 Å². The normalized spacial score (nSPS) is 20.0. The lowest BCUT2D eigenvalue weighted by Gasteiger charge is -2.09. The topological polar surface area (TPSA) is 63.8 Å². The van der Waals surface area contributed by atoms with E-state index in [0.717, 1.165) is 26.1 Å². The van der Waals surface area contributed by atoms with Gasteiger partial charge in [-0.1, -0.05) is 0 Å². The largest absolute Gasteiger partial charge is 0.417 e. The smallest absolute Gasteiger partial charge is 0.119 e. The van der Waals surface area contributed by atoms with Crippen molar-refractivity contribution in [2.24, 2.45) is 0 Å². The van der Waals surface area contributed by atoms with Gasteiger partial charge in [0.25, 0.3) is 0 Å². The van der Waals surface area contributed by atoms with Crippen molar-refractivity contribution in [2.45, 2.75) is 19.3 Å². The van der Waals surface area contributed by atoms with Gasteiger partial charge in [0.1, 0.15) is 12.5 Å². The van der Waals surface area contributed by atoms with Gasteiger partial charge in [-0.15, -0.1) is 0 Å². The van der Waals surface area contributed by atoms with Crippen LogP contribution in [0.3, 0.4) is 0 Å². The van der Waals surface area contributed by atoms with Crippen LogP contribution in [0.1, 0.15) is 19.3 Å².